The zero-order chi connectivity index (χ0) is 13.3. The van der Waals surface area contributed by atoms with Crippen LogP contribution in [0.1, 0.15) is 5.56 Å². The van der Waals surface area contributed by atoms with Gasteiger partial charge in [-0.1, -0.05) is 6.07 Å². The van der Waals surface area contributed by atoms with Crippen LogP contribution in [0.2, 0.25) is 0 Å². The van der Waals surface area contributed by atoms with E-state index >= 15 is 0 Å². The molecule has 2 nitrogen and oxygen atoms in total. The normalized spacial score (nSPS) is 10.5. The van der Waals surface area contributed by atoms with Gasteiger partial charge in [0.2, 0.25) is 0 Å². The van der Waals surface area contributed by atoms with Crippen LogP contribution in [-0.2, 0) is 0 Å². The summed E-state index contributed by atoms with van der Waals surface area (Å²) in [6.45, 7) is 1.94. The molecule has 0 N–H and O–H groups in total. The van der Waals surface area contributed by atoms with Crippen LogP contribution >= 0.6 is 0 Å². The van der Waals surface area contributed by atoms with Gasteiger partial charge in [0.15, 0.2) is 11.6 Å². The molecule has 1 heterocycles. The van der Waals surface area contributed by atoms with Gasteiger partial charge < -0.3 is 4.90 Å². The average molecular weight is 248 g/mol. The molecule has 0 radical (unpaired) electrons. The van der Waals surface area contributed by atoms with Gasteiger partial charge in [-0.3, -0.25) is 0 Å². The second-order valence-corrected chi connectivity index (χ2v) is 4.39. The molecule has 0 aliphatic rings. The Morgan fingerprint density at radius 2 is 1.72 bits per heavy atom. The van der Waals surface area contributed by atoms with Crippen LogP contribution in [0.25, 0.3) is 11.1 Å². The predicted octanol–water partition coefficient (Wildman–Crippen LogP) is 3.40. The highest BCUT2D eigenvalue weighted by Crippen LogP contribution is 2.25. The lowest BCUT2D eigenvalue weighted by Crippen LogP contribution is -2.12. The summed E-state index contributed by atoms with van der Waals surface area (Å²) in [5, 5.41) is 0. The van der Waals surface area contributed by atoms with E-state index in [1.807, 2.05) is 32.0 Å². The zero-order valence-corrected chi connectivity index (χ0v) is 10.5. The van der Waals surface area contributed by atoms with Crippen molar-refractivity contribution in [2.24, 2.45) is 0 Å². The van der Waals surface area contributed by atoms with Gasteiger partial charge in [0.05, 0.1) is 0 Å². The zero-order valence-electron chi connectivity index (χ0n) is 10.5. The fraction of sp³-hybridized carbons (Fsp3) is 0.214. The summed E-state index contributed by atoms with van der Waals surface area (Å²) in [6, 6.07) is 5.76. The Labute approximate surface area is 105 Å². The molecule has 4 heteroatoms. The Balaban J connectivity index is 2.45. The Hall–Kier alpha value is -1.97. The number of aromatic nitrogens is 1. The van der Waals surface area contributed by atoms with Gasteiger partial charge in [-0.15, -0.1) is 0 Å². The molecule has 0 aliphatic heterocycles. The molecular weight excluding hydrogens is 234 g/mol. The fourth-order valence-electron chi connectivity index (χ4n) is 1.87. The first-order valence-electron chi connectivity index (χ1n) is 5.58. The van der Waals surface area contributed by atoms with Crippen molar-refractivity contribution in [2.45, 2.75) is 6.92 Å². The van der Waals surface area contributed by atoms with Crippen LogP contribution in [-0.4, -0.2) is 19.1 Å². The number of hydrogen-bond donors (Lipinski definition) is 0. The molecule has 0 aliphatic carbocycles. The fourth-order valence-corrected chi connectivity index (χ4v) is 1.87. The van der Waals surface area contributed by atoms with Gasteiger partial charge in [-0.25, -0.2) is 13.8 Å². The van der Waals surface area contributed by atoms with E-state index in [1.54, 1.807) is 12.3 Å². The Morgan fingerprint density at radius 1 is 1.00 bits per heavy atom. The van der Waals surface area contributed by atoms with E-state index in [0.717, 1.165) is 23.0 Å². The first-order chi connectivity index (χ1) is 8.49. The SMILES string of the molecule is Cc1cc(-c2ccc(F)c(F)c2)cnc1N(C)C. The van der Waals surface area contributed by atoms with Crippen LogP contribution in [0.15, 0.2) is 30.5 Å². The number of rotatable bonds is 2. The molecule has 0 bridgehead atoms. The maximum Gasteiger partial charge on any atom is 0.159 e. The van der Waals surface area contributed by atoms with Gasteiger partial charge >= 0.3 is 0 Å². The van der Waals surface area contributed by atoms with Gasteiger partial charge in [0, 0.05) is 25.9 Å². The smallest absolute Gasteiger partial charge is 0.159 e. The summed E-state index contributed by atoms with van der Waals surface area (Å²) < 4.78 is 26.0. The minimum Gasteiger partial charge on any atom is -0.363 e. The highest BCUT2D eigenvalue weighted by Gasteiger charge is 2.08. The van der Waals surface area contributed by atoms with Gasteiger partial charge in [0.25, 0.3) is 0 Å². The maximum absolute atomic E-state index is 13.2. The summed E-state index contributed by atoms with van der Waals surface area (Å²) in [4.78, 5) is 6.22. The van der Waals surface area contributed by atoms with E-state index in [1.165, 1.54) is 6.07 Å². The van der Waals surface area contributed by atoms with Crippen molar-refractivity contribution in [3.05, 3.63) is 47.7 Å². The number of anilines is 1. The molecule has 0 saturated heterocycles. The minimum atomic E-state index is -0.846. The lowest BCUT2D eigenvalue weighted by atomic mass is 10.1. The van der Waals surface area contributed by atoms with Crippen LogP contribution in [0.3, 0.4) is 0 Å². The molecular formula is C14H14F2N2. The molecule has 2 rings (SSSR count). The van der Waals surface area contributed by atoms with Crippen molar-refractivity contribution in [1.82, 2.24) is 4.98 Å². The average Bonchev–Trinajstić information content (AvgIpc) is 2.32. The molecule has 0 unspecified atom stereocenters. The van der Waals surface area contributed by atoms with E-state index in [2.05, 4.69) is 4.98 Å². The quantitative estimate of drug-likeness (QED) is 0.809. The Bertz CT molecular complexity index is 580. The Morgan fingerprint density at radius 3 is 2.28 bits per heavy atom. The van der Waals surface area contributed by atoms with E-state index < -0.39 is 11.6 Å². The minimum absolute atomic E-state index is 0.620. The van der Waals surface area contributed by atoms with E-state index in [4.69, 9.17) is 0 Å². The molecule has 0 atom stereocenters. The van der Waals surface area contributed by atoms with Gasteiger partial charge in [-0.2, -0.15) is 0 Å². The van der Waals surface area contributed by atoms with Crippen molar-refractivity contribution >= 4 is 5.82 Å². The highest BCUT2D eigenvalue weighted by atomic mass is 19.2. The highest BCUT2D eigenvalue weighted by molar-refractivity contribution is 5.65. The number of pyridine rings is 1. The van der Waals surface area contributed by atoms with Crippen LogP contribution < -0.4 is 4.90 Å². The largest absolute Gasteiger partial charge is 0.363 e. The number of aryl methyl sites for hydroxylation is 1. The third-order valence-corrected chi connectivity index (χ3v) is 2.73. The van der Waals surface area contributed by atoms with E-state index in [-0.39, 0.29) is 0 Å². The van der Waals surface area contributed by atoms with Crippen molar-refractivity contribution in [1.29, 1.82) is 0 Å². The molecule has 94 valence electrons. The summed E-state index contributed by atoms with van der Waals surface area (Å²) in [6.07, 6.45) is 1.66. The molecule has 0 spiro atoms. The topological polar surface area (TPSA) is 16.1 Å². The molecule has 2 aromatic rings. The third-order valence-electron chi connectivity index (χ3n) is 2.73. The van der Waals surface area contributed by atoms with Crippen molar-refractivity contribution in [3.63, 3.8) is 0 Å². The van der Waals surface area contributed by atoms with E-state index in [9.17, 15) is 8.78 Å². The molecule has 0 saturated carbocycles. The van der Waals surface area contributed by atoms with Crippen molar-refractivity contribution in [2.75, 3.05) is 19.0 Å². The number of halogens is 2. The third kappa shape index (κ3) is 2.32. The lowest BCUT2D eigenvalue weighted by Gasteiger charge is -2.15. The molecule has 0 fully saturated rings. The van der Waals surface area contributed by atoms with Crippen molar-refractivity contribution < 1.29 is 8.78 Å². The number of hydrogen-bond acceptors (Lipinski definition) is 2. The number of benzene rings is 1. The molecule has 18 heavy (non-hydrogen) atoms. The van der Waals surface area contributed by atoms with Gasteiger partial charge in [-0.05, 0) is 36.2 Å². The van der Waals surface area contributed by atoms with Crippen LogP contribution in [0, 0.1) is 18.6 Å². The maximum atomic E-state index is 13.2. The second-order valence-electron chi connectivity index (χ2n) is 4.39. The molecule has 0 amide bonds. The van der Waals surface area contributed by atoms with Crippen LogP contribution in [0.4, 0.5) is 14.6 Å². The van der Waals surface area contributed by atoms with Crippen LogP contribution in [0.5, 0.6) is 0 Å². The molecule has 1 aromatic heterocycles. The summed E-state index contributed by atoms with van der Waals surface area (Å²) in [5.74, 6) is -0.823. The number of nitrogens with zero attached hydrogens (tertiary/aromatic N) is 2. The Kier molecular flexibility index (Phi) is 3.28. The van der Waals surface area contributed by atoms with Crippen molar-refractivity contribution in [3.8, 4) is 11.1 Å². The summed E-state index contributed by atoms with van der Waals surface area (Å²) in [5.41, 5.74) is 2.38. The first kappa shape index (κ1) is 12.5. The second kappa shape index (κ2) is 4.72. The standard InChI is InChI=1S/C14H14F2N2/c1-9-6-11(8-17-14(9)18(2)3)10-4-5-12(15)13(16)7-10/h4-8H,1-3H3. The van der Waals surface area contributed by atoms with Gasteiger partial charge in [0.1, 0.15) is 5.82 Å². The predicted molar refractivity (Wildman–Crippen MR) is 68.7 cm³/mol. The molecule has 1 aromatic carbocycles. The monoisotopic (exact) mass is 248 g/mol. The summed E-state index contributed by atoms with van der Waals surface area (Å²) in [7, 11) is 3.82. The first-order valence-corrected chi connectivity index (χ1v) is 5.58. The summed E-state index contributed by atoms with van der Waals surface area (Å²) >= 11 is 0. The lowest BCUT2D eigenvalue weighted by molar-refractivity contribution is 0.509. The van der Waals surface area contributed by atoms with E-state index in [0.29, 0.717) is 5.56 Å².